The van der Waals surface area contributed by atoms with E-state index in [-0.39, 0.29) is 11.8 Å². The molecule has 1 fully saturated rings. The smallest absolute Gasteiger partial charge is 0.227 e. The summed E-state index contributed by atoms with van der Waals surface area (Å²) in [5.74, 6) is 2.02. The number of fused-ring (bicyclic) bond motifs is 1. The topological polar surface area (TPSA) is 47.4 Å². The quantitative estimate of drug-likeness (QED) is 0.424. The summed E-state index contributed by atoms with van der Waals surface area (Å²) in [6.45, 7) is 6.04. The molecule has 162 valence electrons. The molecule has 5 heteroatoms. The van der Waals surface area contributed by atoms with E-state index in [2.05, 4.69) is 30.5 Å². The van der Waals surface area contributed by atoms with Crippen molar-refractivity contribution in [2.75, 3.05) is 18.1 Å². The Hall–Kier alpha value is -3.60. The number of hydrogen-bond acceptors (Lipinski definition) is 3. The molecule has 1 aliphatic rings. The molecule has 3 aromatic carbocycles. The number of benzene rings is 3. The molecule has 2 heterocycles. The van der Waals surface area contributed by atoms with E-state index in [9.17, 15) is 4.79 Å². The van der Waals surface area contributed by atoms with Crippen molar-refractivity contribution in [3.63, 3.8) is 0 Å². The number of carbonyl (C=O) groups is 1. The number of rotatable bonds is 6. The van der Waals surface area contributed by atoms with Gasteiger partial charge in [0.05, 0.1) is 17.6 Å². The first-order chi connectivity index (χ1) is 15.6. The maximum atomic E-state index is 13.0. The van der Waals surface area contributed by atoms with Gasteiger partial charge in [-0.2, -0.15) is 0 Å². The molecular formula is C27H27N3O2. The highest BCUT2D eigenvalue weighted by Gasteiger charge is 2.35. The van der Waals surface area contributed by atoms with Crippen molar-refractivity contribution in [1.82, 2.24) is 9.55 Å². The average Bonchev–Trinajstić information content (AvgIpc) is 3.37. The molecular weight excluding hydrogens is 398 g/mol. The molecule has 5 nitrogen and oxygen atoms in total. The molecule has 1 aromatic heterocycles. The molecule has 1 amide bonds. The second-order valence-electron chi connectivity index (χ2n) is 8.40. The number of ether oxygens (including phenoxy) is 1. The van der Waals surface area contributed by atoms with Crippen LogP contribution >= 0.6 is 0 Å². The number of aryl methyl sites for hydroxylation is 1. The van der Waals surface area contributed by atoms with Gasteiger partial charge in [-0.1, -0.05) is 42.5 Å². The van der Waals surface area contributed by atoms with Gasteiger partial charge in [0.25, 0.3) is 0 Å². The molecule has 1 saturated heterocycles. The Labute approximate surface area is 188 Å². The monoisotopic (exact) mass is 425 g/mol. The van der Waals surface area contributed by atoms with Crippen molar-refractivity contribution in [3.8, 4) is 5.75 Å². The number of carbonyl (C=O) groups excluding carboxylic acids is 1. The summed E-state index contributed by atoms with van der Waals surface area (Å²) < 4.78 is 8.19. The first-order valence-electron chi connectivity index (χ1n) is 11.1. The van der Waals surface area contributed by atoms with Crippen LogP contribution in [0.1, 0.15) is 29.3 Å². The van der Waals surface area contributed by atoms with Crippen molar-refractivity contribution in [2.45, 2.75) is 32.7 Å². The van der Waals surface area contributed by atoms with E-state index >= 15 is 0 Å². The lowest BCUT2D eigenvalue weighted by molar-refractivity contribution is -0.117. The molecule has 4 aromatic rings. The number of aromatic nitrogens is 2. The fourth-order valence-corrected chi connectivity index (χ4v) is 4.55. The van der Waals surface area contributed by atoms with E-state index in [0.29, 0.717) is 26.1 Å². The Morgan fingerprint density at radius 2 is 1.75 bits per heavy atom. The van der Waals surface area contributed by atoms with E-state index < -0.39 is 0 Å². The predicted molar refractivity (Wildman–Crippen MR) is 127 cm³/mol. The van der Waals surface area contributed by atoms with Crippen LogP contribution in [-0.4, -0.2) is 28.6 Å². The van der Waals surface area contributed by atoms with E-state index in [1.165, 1.54) is 5.56 Å². The summed E-state index contributed by atoms with van der Waals surface area (Å²) in [5, 5.41) is 0. The fraction of sp³-hybridized carbons (Fsp3) is 0.259. The summed E-state index contributed by atoms with van der Waals surface area (Å²) >= 11 is 0. The third-order valence-electron chi connectivity index (χ3n) is 6.37. The molecule has 0 bridgehead atoms. The second-order valence-corrected chi connectivity index (χ2v) is 8.40. The van der Waals surface area contributed by atoms with Crippen molar-refractivity contribution < 1.29 is 9.53 Å². The number of nitrogens with zero attached hydrogens (tertiary/aromatic N) is 3. The Balaban J connectivity index is 1.43. The standard InChI is InChI=1S/C27H27N3O2/c1-19-9-8-14-24(20(19)2)30-18-21(17-26(30)31)27-28-23-12-6-7-13-25(23)29(27)15-16-32-22-10-4-3-5-11-22/h3-14,21H,15-18H2,1-2H3/t21-/m0/s1. The number of amides is 1. The van der Waals surface area contributed by atoms with Crippen molar-refractivity contribution >= 4 is 22.6 Å². The predicted octanol–water partition coefficient (Wildman–Crippen LogP) is 5.25. The number of anilines is 1. The van der Waals surface area contributed by atoms with E-state index in [4.69, 9.17) is 9.72 Å². The van der Waals surface area contributed by atoms with E-state index in [0.717, 1.165) is 33.9 Å². The second kappa shape index (κ2) is 8.50. The van der Waals surface area contributed by atoms with Crippen LogP contribution in [0.25, 0.3) is 11.0 Å². The lowest BCUT2D eigenvalue weighted by Crippen LogP contribution is -2.25. The molecule has 0 N–H and O–H groups in total. The van der Waals surface area contributed by atoms with Crippen molar-refractivity contribution in [3.05, 3.63) is 89.7 Å². The lowest BCUT2D eigenvalue weighted by Gasteiger charge is -2.20. The van der Waals surface area contributed by atoms with Gasteiger partial charge in [-0.05, 0) is 55.3 Å². The summed E-state index contributed by atoms with van der Waals surface area (Å²) in [5.41, 5.74) is 5.40. The zero-order chi connectivity index (χ0) is 22.1. The van der Waals surface area contributed by atoms with Crippen LogP contribution in [0, 0.1) is 13.8 Å². The van der Waals surface area contributed by atoms with Gasteiger partial charge in [0.15, 0.2) is 0 Å². The van der Waals surface area contributed by atoms with Crippen molar-refractivity contribution in [2.24, 2.45) is 0 Å². The Kier molecular flexibility index (Phi) is 5.39. The maximum absolute atomic E-state index is 13.0. The Morgan fingerprint density at radius 3 is 2.59 bits per heavy atom. The highest BCUT2D eigenvalue weighted by Crippen LogP contribution is 2.35. The molecule has 0 radical (unpaired) electrons. The van der Waals surface area contributed by atoms with Crippen LogP contribution in [0.3, 0.4) is 0 Å². The average molecular weight is 426 g/mol. The first kappa shape index (κ1) is 20.3. The van der Waals surface area contributed by atoms with Crippen LogP contribution in [-0.2, 0) is 11.3 Å². The van der Waals surface area contributed by atoms with Crippen molar-refractivity contribution in [1.29, 1.82) is 0 Å². The van der Waals surface area contributed by atoms with E-state index in [1.54, 1.807) is 0 Å². The molecule has 1 aliphatic heterocycles. The van der Waals surface area contributed by atoms with Crippen LogP contribution < -0.4 is 9.64 Å². The van der Waals surface area contributed by atoms with Gasteiger partial charge in [-0.3, -0.25) is 4.79 Å². The SMILES string of the molecule is Cc1cccc(N2C[C@@H](c3nc4ccccc4n3CCOc3ccccc3)CC2=O)c1C. The van der Waals surface area contributed by atoms with Crippen LogP contribution in [0.2, 0.25) is 0 Å². The molecule has 0 aliphatic carbocycles. The Bertz CT molecular complexity index is 1260. The summed E-state index contributed by atoms with van der Waals surface area (Å²) in [6, 6.07) is 24.2. The largest absolute Gasteiger partial charge is 0.492 e. The Morgan fingerprint density at radius 1 is 0.969 bits per heavy atom. The third-order valence-corrected chi connectivity index (χ3v) is 6.37. The van der Waals surface area contributed by atoms with Gasteiger partial charge < -0.3 is 14.2 Å². The highest BCUT2D eigenvalue weighted by atomic mass is 16.5. The molecule has 1 atom stereocenters. The zero-order valence-electron chi connectivity index (χ0n) is 18.5. The molecule has 0 spiro atoms. The van der Waals surface area contributed by atoms with Gasteiger partial charge in [0.2, 0.25) is 5.91 Å². The lowest BCUT2D eigenvalue weighted by atomic mass is 10.1. The summed E-state index contributed by atoms with van der Waals surface area (Å²) in [7, 11) is 0. The van der Waals surface area contributed by atoms with Gasteiger partial charge in [0, 0.05) is 24.6 Å². The number of hydrogen-bond donors (Lipinski definition) is 0. The van der Waals surface area contributed by atoms with E-state index in [1.807, 2.05) is 65.6 Å². The van der Waals surface area contributed by atoms with Crippen LogP contribution in [0.15, 0.2) is 72.8 Å². The van der Waals surface area contributed by atoms with Gasteiger partial charge >= 0.3 is 0 Å². The van der Waals surface area contributed by atoms with Gasteiger partial charge in [-0.25, -0.2) is 4.98 Å². The van der Waals surface area contributed by atoms with Gasteiger partial charge in [0.1, 0.15) is 18.2 Å². The first-order valence-corrected chi connectivity index (χ1v) is 11.1. The summed E-state index contributed by atoms with van der Waals surface area (Å²) in [6.07, 6.45) is 0.468. The maximum Gasteiger partial charge on any atom is 0.227 e. The van der Waals surface area contributed by atoms with Gasteiger partial charge in [-0.15, -0.1) is 0 Å². The molecule has 0 unspecified atom stereocenters. The minimum absolute atomic E-state index is 0.0477. The normalized spacial score (nSPS) is 16.1. The number of imidazole rings is 1. The fourth-order valence-electron chi connectivity index (χ4n) is 4.55. The molecule has 5 rings (SSSR count). The number of para-hydroxylation sites is 3. The molecule has 32 heavy (non-hydrogen) atoms. The minimum atomic E-state index is 0.0477. The minimum Gasteiger partial charge on any atom is -0.492 e. The third kappa shape index (κ3) is 3.75. The van der Waals surface area contributed by atoms with Crippen LogP contribution in [0.4, 0.5) is 5.69 Å². The highest BCUT2D eigenvalue weighted by molar-refractivity contribution is 5.97. The zero-order valence-corrected chi connectivity index (χ0v) is 18.5. The van der Waals surface area contributed by atoms with Crippen LogP contribution in [0.5, 0.6) is 5.75 Å². The summed E-state index contributed by atoms with van der Waals surface area (Å²) in [4.78, 5) is 19.9. The molecule has 0 saturated carbocycles.